The standard InChI is InChI=1S/C12H15F2NO4S/c1-3-6-12(2,11(16)17)15-20(18,19)10-7-8(13)4-5-9(10)14/h4-5,7,15H,3,6H2,1-2H3,(H,16,17). The first-order chi connectivity index (χ1) is 9.12. The molecule has 8 heteroatoms. The lowest BCUT2D eigenvalue weighted by Gasteiger charge is -2.25. The summed E-state index contributed by atoms with van der Waals surface area (Å²) in [6, 6.07) is 1.95. The number of carbonyl (C=O) groups is 1. The van der Waals surface area contributed by atoms with Crippen molar-refractivity contribution in [2.45, 2.75) is 37.1 Å². The molecule has 0 aliphatic rings. The van der Waals surface area contributed by atoms with E-state index in [1.165, 1.54) is 6.92 Å². The van der Waals surface area contributed by atoms with Crippen molar-refractivity contribution in [3.63, 3.8) is 0 Å². The van der Waals surface area contributed by atoms with Gasteiger partial charge in [0.05, 0.1) is 0 Å². The lowest BCUT2D eigenvalue weighted by Crippen LogP contribution is -2.52. The van der Waals surface area contributed by atoms with E-state index >= 15 is 0 Å². The van der Waals surface area contributed by atoms with Crippen LogP contribution in [-0.4, -0.2) is 25.0 Å². The number of benzene rings is 1. The van der Waals surface area contributed by atoms with Gasteiger partial charge in [-0.05, 0) is 31.5 Å². The quantitative estimate of drug-likeness (QED) is 0.840. The fourth-order valence-electron chi connectivity index (χ4n) is 1.74. The summed E-state index contributed by atoms with van der Waals surface area (Å²) in [4.78, 5) is 10.3. The second-order valence-electron chi connectivity index (χ2n) is 4.57. The molecule has 112 valence electrons. The molecule has 1 unspecified atom stereocenters. The minimum atomic E-state index is -4.48. The summed E-state index contributed by atoms with van der Waals surface area (Å²) < 4.78 is 52.5. The first kappa shape index (κ1) is 16.5. The summed E-state index contributed by atoms with van der Waals surface area (Å²) in [6.45, 7) is 2.85. The number of carboxylic acid groups (broad SMARTS) is 1. The molecule has 0 radical (unpaired) electrons. The van der Waals surface area contributed by atoms with E-state index < -0.39 is 38.1 Å². The molecule has 5 nitrogen and oxygen atoms in total. The lowest BCUT2D eigenvalue weighted by atomic mass is 9.98. The number of hydrogen-bond donors (Lipinski definition) is 2. The van der Waals surface area contributed by atoms with E-state index in [1.807, 2.05) is 4.72 Å². The van der Waals surface area contributed by atoms with Crippen molar-refractivity contribution in [2.24, 2.45) is 0 Å². The maximum absolute atomic E-state index is 13.5. The molecule has 0 bridgehead atoms. The Kier molecular flexibility index (Phi) is 4.82. The van der Waals surface area contributed by atoms with Crippen molar-refractivity contribution >= 4 is 16.0 Å². The van der Waals surface area contributed by atoms with Gasteiger partial charge in [0, 0.05) is 0 Å². The third-order valence-electron chi connectivity index (χ3n) is 2.76. The molecular formula is C12H15F2NO4S. The minimum absolute atomic E-state index is 0.0124. The molecule has 0 aliphatic carbocycles. The van der Waals surface area contributed by atoms with Crippen molar-refractivity contribution in [3.8, 4) is 0 Å². The zero-order chi connectivity index (χ0) is 15.6. The lowest BCUT2D eigenvalue weighted by molar-refractivity contribution is -0.143. The maximum Gasteiger partial charge on any atom is 0.324 e. The number of sulfonamides is 1. The predicted octanol–water partition coefficient (Wildman–Crippen LogP) is 1.89. The van der Waals surface area contributed by atoms with Crippen LogP contribution < -0.4 is 4.72 Å². The molecule has 0 spiro atoms. The number of halogens is 2. The summed E-state index contributed by atoms with van der Waals surface area (Å²) in [7, 11) is -4.48. The molecule has 20 heavy (non-hydrogen) atoms. The van der Waals surface area contributed by atoms with Gasteiger partial charge in [0.1, 0.15) is 22.1 Å². The van der Waals surface area contributed by atoms with Gasteiger partial charge in [-0.15, -0.1) is 0 Å². The number of nitrogens with one attached hydrogen (secondary N) is 1. The van der Waals surface area contributed by atoms with Crippen molar-refractivity contribution in [1.82, 2.24) is 4.72 Å². The van der Waals surface area contributed by atoms with Crippen molar-refractivity contribution < 1.29 is 27.1 Å². The van der Waals surface area contributed by atoms with E-state index in [0.29, 0.717) is 18.6 Å². The summed E-state index contributed by atoms with van der Waals surface area (Å²) in [5, 5.41) is 9.10. The molecule has 0 amide bonds. The van der Waals surface area contributed by atoms with Crippen molar-refractivity contribution in [2.75, 3.05) is 0 Å². The fraction of sp³-hybridized carbons (Fsp3) is 0.417. The van der Waals surface area contributed by atoms with E-state index in [2.05, 4.69) is 0 Å². The molecule has 1 aromatic carbocycles. The zero-order valence-electron chi connectivity index (χ0n) is 11.0. The summed E-state index contributed by atoms with van der Waals surface area (Å²) in [6.07, 6.45) is 0.412. The number of carboxylic acids is 1. The zero-order valence-corrected chi connectivity index (χ0v) is 11.8. The maximum atomic E-state index is 13.5. The van der Waals surface area contributed by atoms with Crippen LogP contribution in [-0.2, 0) is 14.8 Å². The van der Waals surface area contributed by atoms with E-state index in [4.69, 9.17) is 5.11 Å². The van der Waals surface area contributed by atoms with E-state index in [9.17, 15) is 22.0 Å². The van der Waals surface area contributed by atoms with Crippen LogP contribution in [0.5, 0.6) is 0 Å². The Morgan fingerprint density at radius 2 is 2.00 bits per heavy atom. The Hall–Kier alpha value is -1.54. The van der Waals surface area contributed by atoms with Gasteiger partial charge in [0.25, 0.3) is 0 Å². The van der Waals surface area contributed by atoms with Gasteiger partial charge in [-0.2, -0.15) is 4.72 Å². The SMILES string of the molecule is CCCC(C)(NS(=O)(=O)c1cc(F)ccc1F)C(=O)O. The van der Waals surface area contributed by atoms with Crippen LogP contribution in [0.4, 0.5) is 8.78 Å². The molecule has 0 aliphatic heterocycles. The fourth-order valence-corrected chi connectivity index (χ4v) is 3.22. The van der Waals surface area contributed by atoms with Crippen LogP contribution in [0.15, 0.2) is 23.1 Å². The Labute approximate surface area is 115 Å². The molecule has 0 aromatic heterocycles. The third-order valence-corrected chi connectivity index (χ3v) is 4.38. The minimum Gasteiger partial charge on any atom is -0.480 e. The highest BCUT2D eigenvalue weighted by Gasteiger charge is 2.38. The normalized spacial score (nSPS) is 14.8. The number of hydrogen-bond acceptors (Lipinski definition) is 3. The van der Waals surface area contributed by atoms with Gasteiger partial charge in [0.2, 0.25) is 10.0 Å². The van der Waals surface area contributed by atoms with Gasteiger partial charge < -0.3 is 5.11 Å². The average molecular weight is 307 g/mol. The van der Waals surface area contributed by atoms with Crippen molar-refractivity contribution in [3.05, 3.63) is 29.8 Å². The topological polar surface area (TPSA) is 83.5 Å². The molecule has 1 rings (SSSR count). The molecule has 0 saturated carbocycles. The predicted molar refractivity (Wildman–Crippen MR) is 67.6 cm³/mol. The van der Waals surface area contributed by atoms with Crippen LogP contribution in [0.1, 0.15) is 26.7 Å². The Morgan fingerprint density at radius 1 is 1.40 bits per heavy atom. The molecule has 2 N–H and O–H groups in total. The van der Waals surface area contributed by atoms with E-state index in [0.717, 1.165) is 6.07 Å². The molecule has 0 fully saturated rings. The van der Waals surface area contributed by atoms with Crippen LogP contribution in [0.25, 0.3) is 0 Å². The smallest absolute Gasteiger partial charge is 0.324 e. The molecule has 0 saturated heterocycles. The summed E-state index contributed by atoms with van der Waals surface area (Å²) in [5.74, 6) is -3.47. The largest absolute Gasteiger partial charge is 0.480 e. The Morgan fingerprint density at radius 3 is 2.50 bits per heavy atom. The molecule has 0 heterocycles. The number of rotatable bonds is 6. The van der Waals surface area contributed by atoms with Crippen LogP contribution in [0.3, 0.4) is 0 Å². The average Bonchev–Trinajstić information content (AvgIpc) is 2.31. The highest BCUT2D eigenvalue weighted by molar-refractivity contribution is 7.89. The van der Waals surface area contributed by atoms with Crippen LogP contribution in [0, 0.1) is 11.6 Å². The summed E-state index contributed by atoms with van der Waals surface area (Å²) >= 11 is 0. The highest BCUT2D eigenvalue weighted by atomic mass is 32.2. The molecule has 1 aromatic rings. The van der Waals surface area contributed by atoms with Gasteiger partial charge in [-0.3, -0.25) is 4.79 Å². The van der Waals surface area contributed by atoms with Crippen molar-refractivity contribution in [1.29, 1.82) is 0 Å². The number of aliphatic carboxylic acids is 1. The van der Waals surface area contributed by atoms with Crippen LogP contribution in [0.2, 0.25) is 0 Å². The highest BCUT2D eigenvalue weighted by Crippen LogP contribution is 2.21. The first-order valence-corrected chi connectivity index (χ1v) is 7.33. The second kappa shape index (κ2) is 5.84. The van der Waals surface area contributed by atoms with Gasteiger partial charge >= 0.3 is 5.97 Å². The van der Waals surface area contributed by atoms with Gasteiger partial charge in [-0.25, -0.2) is 17.2 Å². The van der Waals surface area contributed by atoms with Gasteiger partial charge in [0.15, 0.2) is 0 Å². The summed E-state index contributed by atoms with van der Waals surface area (Å²) in [5.41, 5.74) is -1.79. The first-order valence-electron chi connectivity index (χ1n) is 5.85. The Bertz CT molecular complexity index is 618. The third kappa shape index (κ3) is 3.51. The van der Waals surface area contributed by atoms with E-state index in [1.54, 1.807) is 6.92 Å². The monoisotopic (exact) mass is 307 g/mol. The molecular weight excluding hydrogens is 292 g/mol. The van der Waals surface area contributed by atoms with E-state index in [-0.39, 0.29) is 6.42 Å². The molecule has 1 atom stereocenters. The Balaban J connectivity index is 3.23. The van der Waals surface area contributed by atoms with Gasteiger partial charge in [-0.1, -0.05) is 13.3 Å². The second-order valence-corrected chi connectivity index (χ2v) is 6.22. The van der Waals surface area contributed by atoms with Crippen LogP contribution >= 0.6 is 0 Å².